The van der Waals surface area contributed by atoms with Crippen molar-refractivity contribution in [3.8, 4) is 22.3 Å². The molecule has 2 atom stereocenters. The van der Waals surface area contributed by atoms with Gasteiger partial charge in [0.05, 0.1) is 0 Å². The van der Waals surface area contributed by atoms with Crippen molar-refractivity contribution in [2.45, 2.75) is 5.92 Å². The molecular formula is C44H30. The maximum Gasteiger partial charge on any atom is 0.0125 e. The highest BCUT2D eigenvalue weighted by molar-refractivity contribution is 6.20. The van der Waals surface area contributed by atoms with Crippen LogP contribution in [-0.2, 0) is 0 Å². The van der Waals surface area contributed by atoms with Crippen molar-refractivity contribution in [3.05, 3.63) is 187 Å². The highest BCUT2D eigenvalue weighted by atomic mass is 14.3. The summed E-state index contributed by atoms with van der Waals surface area (Å²) in [5.74, 6) is 0.730. The monoisotopic (exact) mass is 558 g/mol. The average Bonchev–Trinajstić information content (AvgIpc) is 3.10. The van der Waals surface area contributed by atoms with E-state index >= 15 is 0 Å². The van der Waals surface area contributed by atoms with Crippen molar-refractivity contribution in [1.29, 1.82) is 0 Å². The van der Waals surface area contributed by atoms with E-state index in [0.29, 0.717) is 11.8 Å². The molecule has 0 aliphatic heterocycles. The van der Waals surface area contributed by atoms with Crippen LogP contribution in [0.25, 0.3) is 60.1 Å². The topological polar surface area (TPSA) is 0 Å². The lowest BCUT2D eigenvalue weighted by atomic mass is 9.72. The summed E-state index contributed by atoms with van der Waals surface area (Å²) < 4.78 is 0. The molecule has 0 amide bonds. The summed E-state index contributed by atoms with van der Waals surface area (Å²) in [7, 11) is 0. The van der Waals surface area contributed by atoms with Crippen molar-refractivity contribution < 1.29 is 0 Å². The van der Waals surface area contributed by atoms with Crippen LogP contribution in [0.2, 0.25) is 0 Å². The molecule has 0 fully saturated rings. The summed E-state index contributed by atoms with van der Waals surface area (Å²) in [6, 6.07) is 51.4. The van der Waals surface area contributed by atoms with Crippen molar-refractivity contribution in [2.24, 2.45) is 5.92 Å². The minimum atomic E-state index is 0.347. The van der Waals surface area contributed by atoms with Gasteiger partial charge >= 0.3 is 0 Å². The van der Waals surface area contributed by atoms with E-state index in [0.717, 1.165) is 0 Å². The van der Waals surface area contributed by atoms with E-state index in [1.807, 2.05) is 0 Å². The summed E-state index contributed by atoms with van der Waals surface area (Å²) in [4.78, 5) is 0. The van der Waals surface area contributed by atoms with Crippen molar-refractivity contribution in [1.82, 2.24) is 0 Å². The Morgan fingerprint density at radius 3 is 1.77 bits per heavy atom. The van der Waals surface area contributed by atoms with Gasteiger partial charge in [0.2, 0.25) is 0 Å². The number of hydrogen-bond donors (Lipinski definition) is 0. The van der Waals surface area contributed by atoms with Gasteiger partial charge in [0.1, 0.15) is 0 Å². The van der Waals surface area contributed by atoms with Gasteiger partial charge in [0, 0.05) is 11.8 Å². The lowest BCUT2D eigenvalue weighted by Gasteiger charge is -2.32. The minimum absolute atomic E-state index is 0.347. The highest BCUT2D eigenvalue weighted by Gasteiger charge is 2.29. The lowest BCUT2D eigenvalue weighted by molar-refractivity contribution is 0.689. The Balaban J connectivity index is 1.32. The first-order chi connectivity index (χ1) is 21.8. The van der Waals surface area contributed by atoms with Gasteiger partial charge in [-0.2, -0.15) is 0 Å². The molecule has 2 aliphatic carbocycles. The maximum atomic E-state index is 2.52. The molecule has 9 rings (SSSR count). The minimum Gasteiger partial charge on any atom is -0.0767 e. The zero-order valence-electron chi connectivity index (χ0n) is 24.3. The van der Waals surface area contributed by atoms with E-state index in [1.165, 1.54) is 76.8 Å². The normalized spacial score (nSPS) is 17.0. The van der Waals surface area contributed by atoms with Gasteiger partial charge in [-0.05, 0) is 82.9 Å². The van der Waals surface area contributed by atoms with Crippen LogP contribution in [0.15, 0.2) is 170 Å². The molecule has 2 unspecified atom stereocenters. The summed E-state index contributed by atoms with van der Waals surface area (Å²) in [5, 5.41) is 7.72. The SMILES string of the molecule is C1=CC2C=C(c3c4ccccc4c(-c4cccc(-c5cccc6ccccc56)c4)c4ccccc34)c3ccccc3C2C=C1. The van der Waals surface area contributed by atoms with Crippen LogP contribution in [-0.4, -0.2) is 0 Å². The molecule has 0 heterocycles. The molecule has 7 aromatic carbocycles. The second-order valence-electron chi connectivity index (χ2n) is 12.0. The van der Waals surface area contributed by atoms with E-state index in [1.54, 1.807) is 0 Å². The zero-order valence-corrected chi connectivity index (χ0v) is 24.3. The standard InChI is InChI=1S/C44H30/c1-3-18-33-29(13-1)15-12-26-34(33)30-16-11-17-32(27-30)43-38-22-7-9-24-40(38)44(41-25-10-8-23-39(41)43)42-28-31-14-2-4-19-35(31)36-20-5-6-21-37(36)42/h1-28,31,35H. The van der Waals surface area contributed by atoms with Crippen molar-refractivity contribution in [3.63, 3.8) is 0 Å². The first kappa shape index (κ1) is 25.1. The molecule has 0 bridgehead atoms. The molecule has 0 spiro atoms. The smallest absolute Gasteiger partial charge is 0.0125 e. The molecule has 2 aliphatic rings. The Kier molecular flexibility index (Phi) is 5.74. The van der Waals surface area contributed by atoms with Crippen LogP contribution in [0.1, 0.15) is 22.6 Å². The van der Waals surface area contributed by atoms with Gasteiger partial charge in [-0.15, -0.1) is 0 Å². The van der Waals surface area contributed by atoms with Gasteiger partial charge in [0.25, 0.3) is 0 Å². The summed E-state index contributed by atoms with van der Waals surface area (Å²) in [6.07, 6.45) is 11.6. The fourth-order valence-electron chi connectivity index (χ4n) is 7.68. The Morgan fingerprint density at radius 1 is 0.409 bits per heavy atom. The van der Waals surface area contributed by atoms with E-state index in [-0.39, 0.29) is 0 Å². The van der Waals surface area contributed by atoms with Crippen LogP contribution < -0.4 is 0 Å². The predicted molar refractivity (Wildman–Crippen MR) is 188 cm³/mol. The predicted octanol–water partition coefficient (Wildman–Crippen LogP) is 11.8. The molecule has 0 radical (unpaired) electrons. The number of rotatable bonds is 3. The average molecular weight is 559 g/mol. The fourth-order valence-corrected chi connectivity index (χ4v) is 7.68. The fraction of sp³-hybridized carbons (Fsp3) is 0.0455. The van der Waals surface area contributed by atoms with Crippen LogP contribution >= 0.6 is 0 Å². The quantitative estimate of drug-likeness (QED) is 0.189. The molecule has 0 aromatic heterocycles. The molecule has 0 heteroatoms. The first-order valence-corrected chi connectivity index (χ1v) is 15.5. The molecule has 0 nitrogen and oxygen atoms in total. The van der Waals surface area contributed by atoms with Crippen LogP contribution in [0.3, 0.4) is 0 Å². The summed E-state index contributed by atoms with van der Waals surface area (Å²) in [6.45, 7) is 0. The molecule has 0 saturated heterocycles. The molecule has 44 heavy (non-hydrogen) atoms. The maximum absolute atomic E-state index is 2.52. The van der Waals surface area contributed by atoms with Gasteiger partial charge in [-0.1, -0.05) is 164 Å². The van der Waals surface area contributed by atoms with Gasteiger partial charge < -0.3 is 0 Å². The molecular weight excluding hydrogens is 528 g/mol. The second-order valence-corrected chi connectivity index (χ2v) is 12.0. The Morgan fingerprint density at radius 2 is 0.977 bits per heavy atom. The number of allylic oxidation sites excluding steroid dienone is 5. The van der Waals surface area contributed by atoms with Crippen molar-refractivity contribution in [2.75, 3.05) is 0 Å². The van der Waals surface area contributed by atoms with Crippen LogP contribution in [0.5, 0.6) is 0 Å². The first-order valence-electron chi connectivity index (χ1n) is 15.5. The molecule has 7 aromatic rings. The second kappa shape index (κ2) is 10.1. The largest absolute Gasteiger partial charge is 0.0767 e. The van der Waals surface area contributed by atoms with Gasteiger partial charge in [-0.3, -0.25) is 0 Å². The third-order valence-electron chi connectivity index (χ3n) is 9.60. The van der Waals surface area contributed by atoms with Crippen molar-refractivity contribution >= 4 is 37.9 Å². The number of benzene rings is 7. The number of fused-ring (bicyclic) bond motifs is 6. The molecule has 0 N–H and O–H groups in total. The van der Waals surface area contributed by atoms with Crippen LogP contribution in [0.4, 0.5) is 0 Å². The lowest BCUT2D eigenvalue weighted by Crippen LogP contribution is -2.16. The summed E-state index contributed by atoms with van der Waals surface area (Å²) >= 11 is 0. The zero-order chi connectivity index (χ0) is 29.0. The Bertz CT molecular complexity index is 2280. The summed E-state index contributed by atoms with van der Waals surface area (Å²) in [5.41, 5.74) is 10.5. The highest BCUT2D eigenvalue weighted by Crippen LogP contribution is 2.49. The molecule has 206 valence electrons. The van der Waals surface area contributed by atoms with Crippen LogP contribution in [0, 0.1) is 5.92 Å². The van der Waals surface area contributed by atoms with Gasteiger partial charge in [-0.25, -0.2) is 0 Å². The third-order valence-corrected chi connectivity index (χ3v) is 9.60. The third kappa shape index (κ3) is 3.85. The van der Waals surface area contributed by atoms with E-state index in [2.05, 4.69) is 170 Å². The number of hydrogen-bond acceptors (Lipinski definition) is 0. The van der Waals surface area contributed by atoms with E-state index < -0.39 is 0 Å². The van der Waals surface area contributed by atoms with E-state index in [9.17, 15) is 0 Å². The van der Waals surface area contributed by atoms with Gasteiger partial charge in [0.15, 0.2) is 0 Å². The van der Waals surface area contributed by atoms with E-state index in [4.69, 9.17) is 0 Å². The Labute approximate surface area is 257 Å². The Hall–Kier alpha value is -5.46. The molecule has 0 saturated carbocycles.